The Labute approximate surface area is 171 Å². The lowest BCUT2D eigenvalue weighted by Crippen LogP contribution is -2.30. The average molecular weight is 390 g/mol. The highest BCUT2D eigenvalue weighted by Crippen LogP contribution is 2.18. The summed E-state index contributed by atoms with van der Waals surface area (Å²) in [6, 6.07) is 21.6. The predicted molar refractivity (Wildman–Crippen MR) is 113 cm³/mol. The molecule has 5 heteroatoms. The molecule has 1 atom stereocenters. The summed E-state index contributed by atoms with van der Waals surface area (Å²) >= 11 is 0. The van der Waals surface area contributed by atoms with Gasteiger partial charge >= 0.3 is 0 Å². The third-order valence-corrected chi connectivity index (χ3v) is 4.50. The first-order valence-electron chi connectivity index (χ1n) is 9.73. The van der Waals surface area contributed by atoms with Crippen LogP contribution < -0.4 is 10.1 Å². The highest BCUT2D eigenvalue weighted by molar-refractivity contribution is 5.77. The van der Waals surface area contributed by atoms with Crippen LogP contribution in [-0.2, 0) is 22.6 Å². The van der Waals surface area contributed by atoms with E-state index in [1.165, 1.54) is 5.56 Å². The molecular formula is C24H26N2O3. The molecule has 0 fully saturated rings. The van der Waals surface area contributed by atoms with Gasteiger partial charge in [-0.1, -0.05) is 48.5 Å². The molecule has 0 aliphatic carbocycles. The summed E-state index contributed by atoms with van der Waals surface area (Å²) in [5, 5.41) is 2.96. The van der Waals surface area contributed by atoms with Crippen LogP contribution in [0.3, 0.4) is 0 Å². The minimum Gasteiger partial charge on any atom is -0.489 e. The molecule has 5 nitrogen and oxygen atoms in total. The van der Waals surface area contributed by atoms with E-state index >= 15 is 0 Å². The lowest BCUT2D eigenvalue weighted by molar-refractivity contribution is -0.126. The summed E-state index contributed by atoms with van der Waals surface area (Å²) in [6.45, 7) is 3.01. The summed E-state index contributed by atoms with van der Waals surface area (Å²) in [7, 11) is 0. The second kappa shape index (κ2) is 11.0. The molecule has 1 heterocycles. The number of benzene rings is 2. The molecule has 3 aromatic rings. The molecule has 1 amide bonds. The van der Waals surface area contributed by atoms with Crippen molar-refractivity contribution < 1.29 is 14.3 Å². The molecule has 0 aliphatic heterocycles. The minimum absolute atomic E-state index is 0.0590. The van der Waals surface area contributed by atoms with Gasteiger partial charge in [-0.3, -0.25) is 9.78 Å². The van der Waals surface area contributed by atoms with Crippen LogP contribution in [0.5, 0.6) is 5.75 Å². The molecule has 0 spiro atoms. The van der Waals surface area contributed by atoms with Crippen molar-refractivity contribution in [1.29, 1.82) is 0 Å². The van der Waals surface area contributed by atoms with Gasteiger partial charge in [0.1, 0.15) is 19.0 Å². The number of amides is 1. The number of rotatable bonds is 10. The molecule has 1 unspecified atom stereocenters. The van der Waals surface area contributed by atoms with E-state index in [0.29, 0.717) is 13.2 Å². The molecule has 1 N–H and O–H groups in total. The number of carbonyl (C=O) groups is 1. The smallest absolute Gasteiger partial charge is 0.246 e. The zero-order valence-electron chi connectivity index (χ0n) is 16.6. The number of pyridine rings is 1. The van der Waals surface area contributed by atoms with Crippen LogP contribution in [0.1, 0.15) is 29.7 Å². The molecule has 0 aliphatic rings. The van der Waals surface area contributed by atoms with E-state index in [9.17, 15) is 4.79 Å². The Kier molecular flexibility index (Phi) is 7.78. The van der Waals surface area contributed by atoms with E-state index in [4.69, 9.17) is 9.47 Å². The van der Waals surface area contributed by atoms with Gasteiger partial charge in [-0.15, -0.1) is 0 Å². The minimum atomic E-state index is -0.123. The van der Waals surface area contributed by atoms with Crippen molar-refractivity contribution >= 4 is 5.91 Å². The van der Waals surface area contributed by atoms with Crippen molar-refractivity contribution in [3.05, 3.63) is 95.8 Å². The number of nitrogens with zero attached hydrogens (tertiary/aromatic N) is 1. The van der Waals surface area contributed by atoms with Crippen LogP contribution in [0.4, 0.5) is 0 Å². The Hall–Kier alpha value is -3.18. The fourth-order valence-corrected chi connectivity index (χ4v) is 2.87. The normalized spacial score (nSPS) is 11.6. The van der Waals surface area contributed by atoms with Crippen LogP contribution in [0.25, 0.3) is 0 Å². The Bertz CT molecular complexity index is 868. The Morgan fingerprint density at radius 2 is 1.76 bits per heavy atom. The molecule has 0 saturated carbocycles. The van der Waals surface area contributed by atoms with E-state index < -0.39 is 0 Å². The Morgan fingerprint density at radius 3 is 2.48 bits per heavy atom. The van der Waals surface area contributed by atoms with Gasteiger partial charge in [-0.2, -0.15) is 0 Å². The average Bonchev–Trinajstić information content (AvgIpc) is 2.77. The lowest BCUT2D eigenvalue weighted by atomic mass is 10.1. The number of carbonyl (C=O) groups excluding carboxylic acids is 1. The highest BCUT2D eigenvalue weighted by atomic mass is 16.5. The van der Waals surface area contributed by atoms with Crippen molar-refractivity contribution in [3.63, 3.8) is 0 Å². The van der Waals surface area contributed by atoms with Gasteiger partial charge in [0, 0.05) is 18.0 Å². The second-order valence-electron chi connectivity index (χ2n) is 6.80. The summed E-state index contributed by atoms with van der Waals surface area (Å²) in [6.07, 6.45) is 4.32. The first-order chi connectivity index (χ1) is 14.2. The van der Waals surface area contributed by atoms with Gasteiger partial charge in [-0.25, -0.2) is 0 Å². The van der Waals surface area contributed by atoms with E-state index in [0.717, 1.165) is 23.3 Å². The second-order valence-corrected chi connectivity index (χ2v) is 6.80. The monoisotopic (exact) mass is 390 g/mol. The molecule has 29 heavy (non-hydrogen) atoms. The first-order valence-corrected chi connectivity index (χ1v) is 9.73. The summed E-state index contributed by atoms with van der Waals surface area (Å²) in [4.78, 5) is 16.2. The molecular weight excluding hydrogens is 364 g/mol. The zero-order valence-corrected chi connectivity index (χ0v) is 16.6. The van der Waals surface area contributed by atoms with Gasteiger partial charge in [0.15, 0.2) is 0 Å². The summed E-state index contributed by atoms with van der Waals surface area (Å²) in [5.74, 6) is 0.655. The van der Waals surface area contributed by atoms with Crippen LogP contribution in [-0.4, -0.2) is 24.1 Å². The predicted octanol–water partition coefficient (Wildman–Crippen LogP) is 4.10. The maximum Gasteiger partial charge on any atom is 0.246 e. The van der Waals surface area contributed by atoms with Crippen LogP contribution in [0, 0.1) is 0 Å². The summed E-state index contributed by atoms with van der Waals surface area (Å²) in [5.41, 5.74) is 3.23. The van der Waals surface area contributed by atoms with Crippen molar-refractivity contribution in [3.8, 4) is 5.75 Å². The number of aromatic nitrogens is 1. The van der Waals surface area contributed by atoms with Gasteiger partial charge in [0.2, 0.25) is 5.91 Å². The van der Waals surface area contributed by atoms with Crippen LogP contribution in [0.2, 0.25) is 0 Å². The van der Waals surface area contributed by atoms with E-state index in [1.54, 1.807) is 12.4 Å². The van der Waals surface area contributed by atoms with Crippen molar-refractivity contribution in [2.24, 2.45) is 0 Å². The maximum absolute atomic E-state index is 12.1. The van der Waals surface area contributed by atoms with Crippen molar-refractivity contribution in [1.82, 2.24) is 10.3 Å². The molecule has 3 rings (SSSR count). The Balaban J connectivity index is 1.38. The third-order valence-electron chi connectivity index (χ3n) is 4.50. The summed E-state index contributed by atoms with van der Waals surface area (Å²) < 4.78 is 11.3. The lowest BCUT2D eigenvalue weighted by Gasteiger charge is -2.15. The van der Waals surface area contributed by atoms with E-state index in [2.05, 4.69) is 22.4 Å². The quantitative estimate of drug-likeness (QED) is 0.530. The maximum atomic E-state index is 12.1. The van der Waals surface area contributed by atoms with Gasteiger partial charge in [0.05, 0.1) is 12.6 Å². The number of nitrogens with one attached hydrogen (secondary N) is 1. The van der Waals surface area contributed by atoms with Crippen LogP contribution >= 0.6 is 0 Å². The Morgan fingerprint density at radius 1 is 1.00 bits per heavy atom. The topological polar surface area (TPSA) is 60.5 Å². The van der Waals surface area contributed by atoms with Crippen molar-refractivity contribution in [2.45, 2.75) is 26.0 Å². The van der Waals surface area contributed by atoms with E-state index in [-0.39, 0.29) is 18.6 Å². The molecule has 2 aromatic carbocycles. The van der Waals surface area contributed by atoms with Gasteiger partial charge in [-0.05, 0) is 42.7 Å². The molecule has 0 bridgehead atoms. The molecule has 150 valence electrons. The van der Waals surface area contributed by atoms with E-state index in [1.807, 2.05) is 61.5 Å². The van der Waals surface area contributed by atoms with Crippen molar-refractivity contribution in [2.75, 3.05) is 13.2 Å². The number of ether oxygens (including phenoxy) is 2. The fraction of sp³-hybridized carbons (Fsp3) is 0.250. The largest absolute Gasteiger partial charge is 0.489 e. The standard InChI is InChI=1S/C24H26N2O3/c1-19(26-24(27)18-28-15-13-20-6-3-2-4-7-20)22-9-11-23(12-10-22)29-17-21-8-5-14-25-16-21/h2-12,14,16,19H,13,15,17-18H2,1H3,(H,26,27). The zero-order chi connectivity index (χ0) is 20.3. The van der Waals surface area contributed by atoms with Gasteiger partial charge < -0.3 is 14.8 Å². The first kappa shape index (κ1) is 20.6. The molecule has 1 aromatic heterocycles. The fourth-order valence-electron chi connectivity index (χ4n) is 2.87. The molecule has 0 radical (unpaired) electrons. The highest BCUT2D eigenvalue weighted by Gasteiger charge is 2.10. The third kappa shape index (κ3) is 7.05. The number of hydrogen-bond donors (Lipinski definition) is 1. The number of hydrogen-bond acceptors (Lipinski definition) is 4. The van der Waals surface area contributed by atoms with Crippen LogP contribution in [0.15, 0.2) is 79.1 Å². The SMILES string of the molecule is CC(NC(=O)COCCc1ccccc1)c1ccc(OCc2cccnc2)cc1. The van der Waals surface area contributed by atoms with Gasteiger partial charge in [0.25, 0.3) is 0 Å². The molecule has 0 saturated heterocycles.